The Hall–Kier alpha value is -1.15. The molecule has 1 aliphatic rings. The highest BCUT2D eigenvalue weighted by atomic mass is 35.5. The Balaban J connectivity index is 1.87. The van der Waals surface area contributed by atoms with Gasteiger partial charge in [-0.3, -0.25) is 5.10 Å². The third kappa shape index (κ3) is 2.31. The van der Waals surface area contributed by atoms with Crippen LogP contribution in [0.1, 0.15) is 11.7 Å². The van der Waals surface area contributed by atoms with Gasteiger partial charge in [-0.2, -0.15) is 5.10 Å². The quantitative estimate of drug-likeness (QED) is 0.889. The largest absolute Gasteiger partial charge is 0.388 e. The first-order valence-electron chi connectivity index (χ1n) is 6.12. The van der Waals surface area contributed by atoms with E-state index in [0.29, 0.717) is 23.7 Å². The predicted molar refractivity (Wildman–Crippen MR) is 76.0 cm³/mol. The molecule has 1 aliphatic heterocycles. The van der Waals surface area contributed by atoms with E-state index in [0.717, 1.165) is 10.9 Å². The molecule has 1 saturated heterocycles. The number of halogens is 1. The Labute approximate surface area is 121 Å². The second-order valence-electron chi connectivity index (χ2n) is 5.11. The van der Waals surface area contributed by atoms with Crippen molar-refractivity contribution in [3.8, 4) is 0 Å². The molecule has 6 nitrogen and oxygen atoms in total. The number of nitrogens with zero attached hydrogens (tertiary/aromatic N) is 2. The Morgan fingerprint density at radius 1 is 1.50 bits per heavy atom. The molecule has 0 amide bonds. The van der Waals surface area contributed by atoms with Gasteiger partial charge in [-0.15, -0.1) is 0 Å². The van der Waals surface area contributed by atoms with Gasteiger partial charge in [0.25, 0.3) is 0 Å². The Bertz CT molecular complexity index is 752. The first kappa shape index (κ1) is 13.8. The average Bonchev–Trinajstić information content (AvgIpc) is 2.71. The lowest BCUT2D eigenvalue weighted by atomic mass is 9.90. The molecule has 3 rings (SSSR count). The van der Waals surface area contributed by atoms with Crippen molar-refractivity contribution in [1.82, 2.24) is 14.5 Å². The van der Waals surface area contributed by atoms with Gasteiger partial charge in [0, 0.05) is 35.0 Å². The van der Waals surface area contributed by atoms with Crippen LogP contribution in [-0.2, 0) is 10.0 Å². The molecular weight excluding hydrogens is 302 g/mol. The van der Waals surface area contributed by atoms with Crippen molar-refractivity contribution in [3.63, 3.8) is 0 Å². The van der Waals surface area contributed by atoms with Crippen LogP contribution >= 0.6 is 11.6 Å². The second-order valence-corrected chi connectivity index (χ2v) is 7.53. The van der Waals surface area contributed by atoms with Gasteiger partial charge in [0.05, 0.1) is 24.1 Å². The standard InChI is InChI=1S/C12H14ClN3O3S/c1-20(18,19)16-5-8(6-16)12(17)10-3-9(13)2-7-4-14-15-11(7)10/h2-4,8,12,17H,5-6H2,1H3,(H,14,15). The summed E-state index contributed by atoms with van der Waals surface area (Å²) in [5.41, 5.74) is 1.39. The molecule has 1 aromatic heterocycles. The zero-order valence-corrected chi connectivity index (χ0v) is 12.3. The van der Waals surface area contributed by atoms with Crippen LogP contribution in [0.3, 0.4) is 0 Å². The third-order valence-corrected chi connectivity index (χ3v) is 5.11. The molecule has 0 saturated carbocycles. The van der Waals surface area contributed by atoms with Gasteiger partial charge in [-0.25, -0.2) is 12.7 Å². The van der Waals surface area contributed by atoms with Crippen molar-refractivity contribution in [3.05, 3.63) is 28.9 Å². The summed E-state index contributed by atoms with van der Waals surface area (Å²) in [5, 5.41) is 18.6. The summed E-state index contributed by atoms with van der Waals surface area (Å²) in [5.74, 6) is -0.130. The van der Waals surface area contributed by atoms with E-state index in [4.69, 9.17) is 11.6 Å². The van der Waals surface area contributed by atoms with E-state index in [1.165, 1.54) is 10.6 Å². The van der Waals surface area contributed by atoms with Crippen LogP contribution in [0.5, 0.6) is 0 Å². The highest BCUT2D eigenvalue weighted by molar-refractivity contribution is 7.88. The van der Waals surface area contributed by atoms with E-state index >= 15 is 0 Å². The van der Waals surface area contributed by atoms with E-state index in [2.05, 4.69) is 10.2 Å². The number of hydrogen-bond acceptors (Lipinski definition) is 4. The molecule has 1 aromatic carbocycles. The lowest BCUT2D eigenvalue weighted by Crippen LogP contribution is -2.51. The molecule has 2 N–H and O–H groups in total. The van der Waals surface area contributed by atoms with Crippen LogP contribution in [0.15, 0.2) is 18.3 Å². The Morgan fingerprint density at radius 2 is 2.20 bits per heavy atom. The van der Waals surface area contributed by atoms with Crippen LogP contribution in [0.4, 0.5) is 0 Å². The molecule has 2 aromatic rings. The van der Waals surface area contributed by atoms with Crippen molar-refractivity contribution in [2.45, 2.75) is 6.10 Å². The van der Waals surface area contributed by atoms with E-state index < -0.39 is 16.1 Å². The number of aromatic amines is 1. The summed E-state index contributed by atoms with van der Waals surface area (Å²) in [6.45, 7) is 0.643. The Morgan fingerprint density at radius 3 is 2.85 bits per heavy atom. The summed E-state index contributed by atoms with van der Waals surface area (Å²) in [6.07, 6.45) is 2.04. The molecule has 8 heteroatoms. The molecule has 2 heterocycles. The normalized spacial score (nSPS) is 19.1. The number of hydrogen-bond donors (Lipinski definition) is 2. The molecule has 0 aliphatic carbocycles. The zero-order valence-electron chi connectivity index (χ0n) is 10.7. The molecule has 1 fully saturated rings. The second kappa shape index (κ2) is 4.70. The Kier molecular flexibility index (Phi) is 3.24. The predicted octanol–water partition coefficient (Wildman–Crippen LogP) is 1.14. The molecule has 108 valence electrons. The molecule has 0 spiro atoms. The van der Waals surface area contributed by atoms with Gasteiger partial charge < -0.3 is 5.11 Å². The molecule has 1 atom stereocenters. The number of aliphatic hydroxyl groups is 1. The van der Waals surface area contributed by atoms with Crippen LogP contribution in [0.25, 0.3) is 10.9 Å². The molecule has 0 bridgehead atoms. The number of nitrogens with one attached hydrogen (secondary N) is 1. The minimum absolute atomic E-state index is 0.130. The lowest BCUT2D eigenvalue weighted by Gasteiger charge is -2.40. The van der Waals surface area contributed by atoms with Gasteiger partial charge in [0.15, 0.2) is 0 Å². The summed E-state index contributed by atoms with van der Waals surface area (Å²) in [7, 11) is -3.18. The van der Waals surface area contributed by atoms with E-state index in [1.54, 1.807) is 18.3 Å². The number of benzene rings is 1. The summed E-state index contributed by atoms with van der Waals surface area (Å²) in [6, 6.07) is 3.45. The monoisotopic (exact) mass is 315 g/mol. The summed E-state index contributed by atoms with van der Waals surface area (Å²) in [4.78, 5) is 0. The third-order valence-electron chi connectivity index (χ3n) is 3.65. The van der Waals surface area contributed by atoms with Gasteiger partial charge in [-0.1, -0.05) is 11.6 Å². The maximum Gasteiger partial charge on any atom is 0.211 e. The van der Waals surface area contributed by atoms with E-state index in [9.17, 15) is 13.5 Å². The van der Waals surface area contributed by atoms with Crippen LogP contribution < -0.4 is 0 Å². The highest BCUT2D eigenvalue weighted by Gasteiger charge is 2.38. The van der Waals surface area contributed by atoms with Crippen molar-refractivity contribution in [2.24, 2.45) is 5.92 Å². The van der Waals surface area contributed by atoms with Gasteiger partial charge in [-0.05, 0) is 12.1 Å². The number of rotatable bonds is 3. The number of fused-ring (bicyclic) bond motifs is 1. The van der Waals surface area contributed by atoms with Crippen LogP contribution in [0, 0.1) is 5.92 Å². The van der Waals surface area contributed by atoms with Crippen LogP contribution in [-0.4, -0.2) is 47.4 Å². The minimum Gasteiger partial charge on any atom is -0.388 e. The fourth-order valence-corrected chi connectivity index (χ4v) is 3.63. The maximum absolute atomic E-state index is 11.4. The fourth-order valence-electron chi connectivity index (χ4n) is 2.47. The lowest BCUT2D eigenvalue weighted by molar-refractivity contribution is 0.0373. The number of aromatic nitrogens is 2. The van der Waals surface area contributed by atoms with Gasteiger partial charge in [0.2, 0.25) is 10.0 Å². The first-order valence-corrected chi connectivity index (χ1v) is 8.34. The minimum atomic E-state index is -3.18. The van der Waals surface area contributed by atoms with Crippen molar-refractivity contribution in [1.29, 1.82) is 0 Å². The first-order chi connectivity index (χ1) is 9.36. The van der Waals surface area contributed by atoms with Crippen molar-refractivity contribution in [2.75, 3.05) is 19.3 Å². The van der Waals surface area contributed by atoms with Crippen LogP contribution in [0.2, 0.25) is 5.02 Å². The number of aliphatic hydroxyl groups excluding tert-OH is 1. The van der Waals surface area contributed by atoms with Gasteiger partial charge in [0.1, 0.15) is 0 Å². The maximum atomic E-state index is 11.4. The molecule has 20 heavy (non-hydrogen) atoms. The average molecular weight is 316 g/mol. The highest BCUT2D eigenvalue weighted by Crippen LogP contribution is 2.35. The molecular formula is C12H14ClN3O3S. The van der Waals surface area contributed by atoms with E-state index in [-0.39, 0.29) is 5.92 Å². The fraction of sp³-hybridized carbons (Fsp3) is 0.417. The smallest absolute Gasteiger partial charge is 0.211 e. The van der Waals surface area contributed by atoms with E-state index in [1.807, 2.05) is 0 Å². The topological polar surface area (TPSA) is 86.3 Å². The summed E-state index contributed by atoms with van der Waals surface area (Å²) < 4.78 is 24.0. The summed E-state index contributed by atoms with van der Waals surface area (Å²) >= 11 is 6.03. The zero-order chi connectivity index (χ0) is 14.5. The number of H-pyrrole nitrogens is 1. The molecule has 1 unspecified atom stereocenters. The number of sulfonamides is 1. The van der Waals surface area contributed by atoms with Crippen molar-refractivity contribution < 1.29 is 13.5 Å². The molecule has 0 radical (unpaired) electrons. The van der Waals surface area contributed by atoms with Gasteiger partial charge >= 0.3 is 0 Å². The van der Waals surface area contributed by atoms with Crippen molar-refractivity contribution >= 4 is 32.5 Å². The SMILES string of the molecule is CS(=O)(=O)N1CC(C(O)c2cc(Cl)cc3cn[nH]c23)C1.